The van der Waals surface area contributed by atoms with E-state index in [0.717, 1.165) is 57.8 Å². The van der Waals surface area contributed by atoms with Crippen LogP contribution in [0.5, 0.6) is 0 Å². The summed E-state index contributed by atoms with van der Waals surface area (Å²) in [5.74, 6) is 2.57. The predicted octanol–water partition coefficient (Wildman–Crippen LogP) is 1.62. The van der Waals surface area contributed by atoms with Gasteiger partial charge in [-0.25, -0.2) is 9.97 Å². The summed E-state index contributed by atoms with van der Waals surface area (Å²) in [5.41, 5.74) is 1.27. The van der Waals surface area contributed by atoms with Gasteiger partial charge in [-0.05, 0) is 37.3 Å². The van der Waals surface area contributed by atoms with Gasteiger partial charge in [0, 0.05) is 32.7 Å². The van der Waals surface area contributed by atoms with Crippen molar-refractivity contribution in [3.8, 4) is 11.5 Å². The maximum Gasteiger partial charge on any atom is 0.229 e. The molecule has 0 bridgehead atoms. The van der Waals surface area contributed by atoms with Crippen LogP contribution in [0.3, 0.4) is 0 Å². The highest BCUT2D eigenvalue weighted by molar-refractivity contribution is 5.51. The maximum absolute atomic E-state index is 9.42. The first-order chi connectivity index (χ1) is 13.8. The van der Waals surface area contributed by atoms with Crippen LogP contribution in [0.15, 0.2) is 18.2 Å². The van der Waals surface area contributed by atoms with E-state index in [0.29, 0.717) is 42.3 Å². The molecule has 0 radical (unpaired) electrons. The van der Waals surface area contributed by atoms with Crippen molar-refractivity contribution in [3.63, 3.8) is 0 Å². The summed E-state index contributed by atoms with van der Waals surface area (Å²) < 4.78 is 11.1. The lowest BCUT2D eigenvalue weighted by atomic mass is 9.97. The molecule has 28 heavy (non-hydrogen) atoms. The van der Waals surface area contributed by atoms with Gasteiger partial charge in [0.1, 0.15) is 11.5 Å². The minimum atomic E-state index is -0.107. The smallest absolute Gasteiger partial charge is 0.229 e. The molecule has 1 N–H and O–H groups in total. The second-order valence-electron chi connectivity index (χ2n) is 7.26. The number of morpholine rings is 1. The summed E-state index contributed by atoms with van der Waals surface area (Å²) in [5, 5.41) is 9.42. The van der Waals surface area contributed by atoms with Crippen LogP contribution in [-0.2, 0) is 22.5 Å². The number of nitrogens with zero attached hydrogens (tertiary/aromatic N) is 5. The lowest BCUT2D eigenvalue weighted by Crippen LogP contribution is -2.37. The van der Waals surface area contributed by atoms with Crippen LogP contribution in [-0.4, -0.2) is 64.6 Å². The molecule has 2 aromatic rings. The molecule has 2 aliphatic rings. The minimum absolute atomic E-state index is 0.107. The van der Waals surface area contributed by atoms with Crippen LogP contribution < -0.4 is 4.90 Å². The molecule has 0 amide bonds. The number of aliphatic hydroxyl groups excluding tert-OH is 1. The Kier molecular flexibility index (Phi) is 6.41. The lowest BCUT2D eigenvalue weighted by Gasteiger charge is -2.27. The largest absolute Gasteiger partial charge is 0.390 e. The molecule has 0 saturated carbocycles. The Morgan fingerprint density at radius 1 is 0.964 bits per heavy atom. The van der Waals surface area contributed by atoms with Gasteiger partial charge in [-0.3, -0.25) is 0 Å². The van der Waals surface area contributed by atoms with Crippen molar-refractivity contribution in [3.05, 3.63) is 29.7 Å². The average molecular weight is 385 g/mol. The average Bonchev–Trinajstić information content (AvgIpc) is 3.03. The van der Waals surface area contributed by atoms with Crippen LogP contribution in [0, 0.1) is 5.92 Å². The number of hydrogen-bond donors (Lipinski definition) is 1. The highest BCUT2D eigenvalue weighted by atomic mass is 16.5. The Balaban J connectivity index is 1.65. The number of rotatable bonds is 5. The highest BCUT2D eigenvalue weighted by Gasteiger charge is 2.20. The van der Waals surface area contributed by atoms with E-state index in [4.69, 9.17) is 24.4 Å². The second-order valence-corrected chi connectivity index (χ2v) is 7.26. The van der Waals surface area contributed by atoms with E-state index < -0.39 is 0 Å². The Morgan fingerprint density at radius 2 is 1.82 bits per heavy atom. The van der Waals surface area contributed by atoms with Gasteiger partial charge >= 0.3 is 0 Å². The van der Waals surface area contributed by atoms with Crippen molar-refractivity contribution in [2.45, 2.75) is 32.3 Å². The van der Waals surface area contributed by atoms with E-state index in [1.165, 1.54) is 0 Å². The SMILES string of the molecule is OCc1cccc(-c2nc(CC3CCCOCC3)nc(N3CCOCC3)n2)n1. The Labute approximate surface area is 165 Å². The molecule has 0 spiro atoms. The molecular formula is C20H27N5O3. The van der Waals surface area contributed by atoms with Crippen LogP contribution >= 0.6 is 0 Å². The number of pyridine rings is 1. The molecule has 2 fully saturated rings. The second kappa shape index (κ2) is 9.36. The Bertz CT molecular complexity index is 774. The first-order valence-corrected chi connectivity index (χ1v) is 10.0. The quantitative estimate of drug-likeness (QED) is 0.830. The van der Waals surface area contributed by atoms with Crippen LogP contribution in [0.25, 0.3) is 11.5 Å². The fourth-order valence-corrected chi connectivity index (χ4v) is 3.64. The van der Waals surface area contributed by atoms with E-state index >= 15 is 0 Å². The zero-order valence-electron chi connectivity index (χ0n) is 16.1. The standard InChI is InChI=1S/C20H27N5O3/c26-14-16-4-1-5-17(21-16)19-22-18(13-15-3-2-9-27-10-6-15)23-20(24-19)25-7-11-28-12-8-25/h1,4-5,15,26H,2-3,6-14H2. The minimum Gasteiger partial charge on any atom is -0.390 e. The molecule has 0 aliphatic carbocycles. The Hall–Kier alpha value is -2.16. The molecule has 2 saturated heterocycles. The molecule has 8 heteroatoms. The number of aromatic nitrogens is 4. The van der Waals surface area contributed by atoms with Crippen LogP contribution in [0.1, 0.15) is 30.8 Å². The van der Waals surface area contributed by atoms with E-state index in [1.807, 2.05) is 12.1 Å². The fourth-order valence-electron chi connectivity index (χ4n) is 3.64. The van der Waals surface area contributed by atoms with E-state index in [1.54, 1.807) is 6.07 Å². The summed E-state index contributed by atoms with van der Waals surface area (Å²) in [6.45, 7) is 4.43. The third kappa shape index (κ3) is 4.81. The van der Waals surface area contributed by atoms with Crippen molar-refractivity contribution < 1.29 is 14.6 Å². The van der Waals surface area contributed by atoms with Gasteiger partial charge in [0.25, 0.3) is 0 Å². The zero-order valence-corrected chi connectivity index (χ0v) is 16.1. The van der Waals surface area contributed by atoms with E-state index in [2.05, 4.69) is 9.88 Å². The van der Waals surface area contributed by atoms with E-state index in [9.17, 15) is 5.11 Å². The van der Waals surface area contributed by atoms with Crippen molar-refractivity contribution in [1.29, 1.82) is 0 Å². The number of hydrogen-bond acceptors (Lipinski definition) is 8. The third-order valence-electron chi connectivity index (χ3n) is 5.20. The summed E-state index contributed by atoms with van der Waals surface area (Å²) in [4.78, 5) is 20.8. The van der Waals surface area contributed by atoms with Gasteiger partial charge in [0.15, 0.2) is 5.82 Å². The summed E-state index contributed by atoms with van der Waals surface area (Å²) >= 11 is 0. The first-order valence-electron chi connectivity index (χ1n) is 10.0. The fraction of sp³-hybridized carbons (Fsp3) is 0.600. The topological polar surface area (TPSA) is 93.5 Å². The molecule has 2 aliphatic heterocycles. The molecule has 4 heterocycles. The number of ether oxygens (including phenoxy) is 2. The Morgan fingerprint density at radius 3 is 2.68 bits per heavy atom. The van der Waals surface area contributed by atoms with Crippen LogP contribution in [0.2, 0.25) is 0 Å². The molecule has 1 atom stereocenters. The van der Waals surface area contributed by atoms with Crippen molar-refractivity contribution in [1.82, 2.24) is 19.9 Å². The lowest BCUT2D eigenvalue weighted by molar-refractivity contribution is 0.122. The van der Waals surface area contributed by atoms with Gasteiger partial charge < -0.3 is 19.5 Å². The number of aliphatic hydroxyl groups is 1. The summed E-state index contributed by atoms with van der Waals surface area (Å²) in [6, 6.07) is 5.54. The van der Waals surface area contributed by atoms with Gasteiger partial charge in [-0.2, -0.15) is 9.97 Å². The molecule has 8 nitrogen and oxygen atoms in total. The summed E-state index contributed by atoms with van der Waals surface area (Å²) in [6.07, 6.45) is 4.06. The molecule has 1 unspecified atom stereocenters. The van der Waals surface area contributed by atoms with E-state index in [-0.39, 0.29) is 6.61 Å². The molecule has 2 aromatic heterocycles. The maximum atomic E-state index is 9.42. The van der Waals surface area contributed by atoms with Crippen molar-refractivity contribution >= 4 is 5.95 Å². The highest BCUT2D eigenvalue weighted by Crippen LogP contribution is 2.23. The monoisotopic (exact) mass is 385 g/mol. The molecule has 0 aromatic carbocycles. The third-order valence-corrected chi connectivity index (χ3v) is 5.20. The normalized spacial score (nSPS) is 20.8. The van der Waals surface area contributed by atoms with Gasteiger partial charge in [0.05, 0.1) is 25.5 Å². The van der Waals surface area contributed by atoms with Gasteiger partial charge in [0.2, 0.25) is 5.95 Å². The summed E-state index contributed by atoms with van der Waals surface area (Å²) in [7, 11) is 0. The first kappa shape index (κ1) is 19.2. The van der Waals surface area contributed by atoms with Gasteiger partial charge in [-0.1, -0.05) is 6.07 Å². The van der Waals surface area contributed by atoms with Gasteiger partial charge in [-0.15, -0.1) is 0 Å². The molecular weight excluding hydrogens is 358 g/mol. The molecule has 150 valence electrons. The molecule has 4 rings (SSSR count). The van der Waals surface area contributed by atoms with Crippen LogP contribution in [0.4, 0.5) is 5.95 Å². The predicted molar refractivity (Wildman–Crippen MR) is 104 cm³/mol. The number of anilines is 1. The zero-order chi connectivity index (χ0) is 19.2. The van der Waals surface area contributed by atoms with Crippen molar-refractivity contribution in [2.24, 2.45) is 5.92 Å². The van der Waals surface area contributed by atoms with Crippen molar-refractivity contribution in [2.75, 3.05) is 44.4 Å².